The summed E-state index contributed by atoms with van der Waals surface area (Å²) in [4.78, 5) is 2.66. The first kappa shape index (κ1) is 29.4. The first-order valence-corrected chi connectivity index (χ1v) is 18.5. The molecule has 0 amide bonds. The van der Waals surface area contributed by atoms with Gasteiger partial charge >= 0.3 is 0 Å². The van der Waals surface area contributed by atoms with Crippen LogP contribution in [0.3, 0.4) is 0 Å². The largest absolute Gasteiger partial charge is 0.332 e. The third-order valence-corrected chi connectivity index (χ3v) is 11.5. The van der Waals surface area contributed by atoms with Crippen LogP contribution in [0.4, 0.5) is 11.4 Å². The van der Waals surface area contributed by atoms with Crippen molar-refractivity contribution in [3.05, 3.63) is 204 Å². The molecule has 11 rings (SSSR count). The van der Waals surface area contributed by atoms with Gasteiger partial charge < -0.3 is 9.47 Å². The van der Waals surface area contributed by atoms with E-state index in [2.05, 4.69) is 191 Å². The number of rotatable bonds is 4. The molecule has 0 radical (unpaired) electrons. The summed E-state index contributed by atoms with van der Waals surface area (Å²) in [6, 6.07) is 58.5. The topological polar surface area (TPSA) is 8.17 Å². The average Bonchev–Trinajstić information content (AvgIpc) is 3.75. The second kappa shape index (κ2) is 11.6. The van der Waals surface area contributed by atoms with Gasteiger partial charge in [0.1, 0.15) is 0 Å². The predicted octanol–water partition coefficient (Wildman–Crippen LogP) is 12.9. The minimum absolute atomic E-state index is 0.114. The number of nitrogens with zero attached hydrogens (tertiary/aromatic N) is 2. The van der Waals surface area contributed by atoms with Crippen molar-refractivity contribution in [3.8, 4) is 16.8 Å². The Balaban J connectivity index is 1.30. The summed E-state index contributed by atoms with van der Waals surface area (Å²) in [7, 11) is 0. The second-order valence-electron chi connectivity index (χ2n) is 14.3. The van der Waals surface area contributed by atoms with Crippen LogP contribution >= 0.6 is 0 Å². The number of anilines is 2. The van der Waals surface area contributed by atoms with Gasteiger partial charge in [0, 0.05) is 28.1 Å². The van der Waals surface area contributed by atoms with Crippen LogP contribution in [0.1, 0.15) is 35.4 Å². The second-order valence-corrected chi connectivity index (χ2v) is 14.3. The fourth-order valence-corrected chi connectivity index (χ4v) is 9.40. The van der Waals surface area contributed by atoms with Gasteiger partial charge in [0.25, 0.3) is 0 Å². The Morgan fingerprint density at radius 2 is 1.23 bits per heavy atom. The summed E-state index contributed by atoms with van der Waals surface area (Å²) in [5.74, 6) is 0.187. The van der Waals surface area contributed by atoms with E-state index < -0.39 is 0 Å². The van der Waals surface area contributed by atoms with Crippen molar-refractivity contribution < 1.29 is 0 Å². The van der Waals surface area contributed by atoms with Gasteiger partial charge in [-0.05, 0) is 92.9 Å². The highest BCUT2D eigenvalue weighted by Crippen LogP contribution is 2.57. The zero-order chi connectivity index (χ0) is 34.2. The number of hydrogen-bond acceptors (Lipinski definition) is 1. The number of aromatic nitrogens is 1. The number of allylic oxidation sites excluding steroid dienone is 5. The van der Waals surface area contributed by atoms with E-state index in [1.54, 1.807) is 0 Å². The van der Waals surface area contributed by atoms with Crippen LogP contribution in [-0.4, -0.2) is 10.6 Å². The lowest BCUT2D eigenvalue weighted by atomic mass is 9.75. The van der Waals surface area contributed by atoms with E-state index in [0.717, 1.165) is 12.8 Å². The predicted molar refractivity (Wildman–Crippen MR) is 219 cm³/mol. The summed E-state index contributed by atoms with van der Waals surface area (Å²) >= 11 is 0. The molecular formula is C50H36N2. The Morgan fingerprint density at radius 3 is 2.00 bits per heavy atom. The van der Waals surface area contributed by atoms with Gasteiger partial charge in [-0.2, -0.15) is 0 Å². The molecular weight excluding hydrogens is 629 g/mol. The summed E-state index contributed by atoms with van der Waals surface area (Å²) in [6.07, 6.45) is 11.9. The van der Waals surface area contributed by atoms with E-state index in [9.17, 15) is 0 Å². The first-order chi connectivity index (χ1) is 25.8. The highest BCUT2D eigenvalue weighted by atomic mass is 15.2. The van der Waals surface area contributed by atoms with Crippen molar-refractivity contribution in [2.45, 2.75) is 24.8 Å². The number of para-hydroxylation sites is 2. The zero-order valence-electron chi connectivity index (χ0n) is 28.8. The Labute approximate surface area is 303 Å². The fraction of sp³-hybridized carbons (Fsp3) is 0.0800. The Kier molecular flexibility index (Phi) is 6.54. The smallest absolute Gasteiger partial charge is 0.0782 e. The van der Waals surface area contributed by atoms with Crippen LogP contribution in [0.5, 0.6) is 0 Å². The van der Waals surface area contributed by atoms with Gasteiger partial charge in [0.2, 0.25) is 0 Å². The Morgan fingerprint density at radius 1 is 0.538 bits per heavy atom. The standard InChI is InChI=1S/C50H36N2/c1-5-17-33(18-6-1)43-31-45-47(39-27-15-13-25-37(39)43)41-29-30-42-48-40-28-16-14-26-38(40)44(34-19-7-2-8-20-34)32-46(48)52(36-23-11-4-12-24-36)50(42)49(41)51(45)35-21-9-3-10-22-35/h1,3-7,9-32,46,48H,2,8H2. The minimum Gasteiger partial charge on any atom is -0.332 e. The van der Waals surface area contributed by atoms with Gasteiger partial charge in [-0.1, -0.05) is 152 Å². The van der Waals surface area contributed by atoms with Crippen molar-refractivity contribution in [2.75, 3.05) is 4.90 Å². The van der Waals surface area contributed by atoms with Gasteiger partial charge in [-0.25, -0.2) is 0 Å². The molecule has 0 saturated heterocycles. The molecule has 0 fully saturated rings. The number of hydrogen-bond donors (Lipinski definition) is 0. The van der Waals surface area contributed by atoms with E-state index in [1.807, 2.05) is 0 Å². The van der Waals surface area contributed by atoms with Gasteiger partial charge in [-0.3, -0.25) is 0 Å². The lowest BCUT2D eigenvalue weighted by molar-refractivity contribution is 0.721. The normalized spacial score (nSPS) is 17.6. The molecule has 52 heavy (non-hydrogen) atoms. The Hall–Kier alpha value is -6.38. The van der Waals surface area contributed by atoms with Crippen LogP contribution < -0.4 is 4.90 Å². The van der Waals surface area contributed by atoms with Gasteiger partial charge in [0.15, 0.2) is 0 Å². The molecule has 0 spiro atoms. The third kappa shape index (κ3) is 4.25. The molecule has 2 unspecified atom stereocenters. The molecule has 2 heterocycles. The van der Waals surface area contributed by atoms with E-state index in [-0.39, 0.29) is 12.0 Å². The van der Waals surface area contributed by atoms with Crippen molar-refractivity contribution in [2.24, 2.45) is 0 Å². The summed E-state index contributed by atoms with van der Waals surface area (Å²) in [5.41, 5.74) is 15.5. The van der Waals surface area contributed by atoms with Crippen LogP contribution in [0.2, 0.25) is 0 Å². The number of benzene rings is 7. The van der Waals surface area contributed by atoms with Gasteiger partial charge in [0.05, 0.1) is 22.8 Å². The molecule has 3 aliphatic rings. The van der Waals surface area contributed by atoms with Crippen molar-refractivity contribution in [1.82, 2.24) is 4.57 Å². The lowest BCUT2D eigenvalue weighted by Gasteiger charge is -2.34. The molecule has 2 aliphatic carbocycles. The molecule has 8 aromatic rings. The molecule has 2 heteroatoms. The average molecular weight is 665 g/mol. The highest BCUT2D eigenvalue weighted by molar-refractivity contribution is 6.26. The van der Waals surface area contributed by atoms with Crippen LogP contribution in [0.25, 0.3) is 55.0 Å². The summed E-state index contributed by atoms with van der Waals surface area (Å²) in [5, 5.41) is 5.14. The molecule has 2 nitrogen and oxygen atoms in total. The monoisotopic (exact) mass is 664 g/mol. The zero-order valence-corrected chi connectivity index (χ0v) is 28.8. The van der Waals surface area contributed by atoms with Crippen molar-refractivity contribution in [1.29, 1.82) is 0 Å². The van der Waals surface area contributed by atoms with Crippen LogP contribution in [0, 0.1) is 0 Å². The van der Waals surface area contributed by atoms with Crippen LogP contribution in [-0.2, 0) is 0 Å². The maximum absolute atomic E-state index is 2.66. The van der Waals surface area contributed by atoms with Crippen molar-refractivity contribution in [3.63, 3.8) is 0 Å². The number of fused-ring (bicyclic) bond motifs is 11. The third-order valence-electron chi connectivity index (χ3n) is 11.5. The van der Waals surface area contributed by atoms with E-state index in [0.29, 0.717) is 0 Å². The van der Waals surface area contributed by atoms with Crippen LogP contribution in [0.15, 0.2) is 188 Å². The van der Waals surface area contributed by atoms with E-state index in [4.69, 9.17) is 0 Å². The lowest BCUT2D eigenvalue weighted by Crippen LogP contribution is -2.32. The van der Waals surface area contributed by atoms with Crippen molar-refractivity contribution >= 4 is 49.5 Å². The van der Waals surface area contributed by atoms with E-state index >= 15 is 0 Å². The highest BCUT2D eigenvalue weighted by Gasteiger charge is 2.45. The molecule has 0 N–H and O–H groups in total. The molecule has 246 valence electrons. The Bertz CT molecular complexity index is 2780. The van der Waals surface area contributed by atoms with Gasteiger partial charge in [-0.15, -0.1) is 0 Å². The SMILES string of the molecule is C1=CC(C2=CC3C(c4ccccc42)c2ccc4c5c6ccccc6c(-c6ccccc6)cc5n(-c5ccccc5)c4c2N3c2ccccc2)=CCC1. The fourth-order valence-electron chi connectivity index (χ4n) is 9.40. The molecule has 2 atom stereocenters. The maximum atomic E-state index is 2.66. The molecule has 1 aromatic heterocycles. The molecule has 1 aliphatic heterocycles. The summed E-state index contributed by atoms with van der Waals surface area (Å²) in [6.45, 7) is 0. The molecule has 7 aromatic carbocycles. The summed E-state index contributed by atoms with van der Waals surface area (Å²) < 4.78 is 2.55. The van der Waals surface area contributed by atoms with E-state index in [1.165, 1.54) is 88.6 Å². The molecule has 0 saturated carbocycles. The maximum Gasteiger partial charge on any atom is 0.0782 e. The first-order valence-electron chi connectivity index (χ1n) is 18.5. The molecule has 0 bridgehead atoms. The quantitative estimate of drug-likeness (QED) is 0.182. The minimum atomic E-state index is 0.114.